The summed E-state index contributed by atoms with van der Waals surface area (Å²) in [7, 11) is 0. The van der Waals surface area contributed by atoms with Crippen LogP contribution in [0.5, 0.6) is 0 Å². The molecule has 0 aromatic heterocycles. The van der Waals surface area contributed by atoms with Crippen LogP contribution in [0.1, 0.15) is 39.5 Å². The minimum Gasteiger partial charge on any atom is -0.395 e. The van der Waals surface area contributed by atoms with Gasteiger partial charge in [0, 0.05) is 12.5 Å². The number of aliphatic hydroxyl groups is 1. The number of rotatable bonds is 6. The van der Waals surface area contributed by atoms with E-state index in [2.05, 4.69) is 11.8 Å². The molecule has 0 spiro atoms. The molecule has 0 bridgehead atoms. The molecule has 1 saturated heterocycles. The summed E-state index contributed by atoms with van der Waals surface area (Å²) in [4.78, 5) is 13.1. The zero-order valence-corrected chi connectivity index (χ0v) is 9.91. The molecule has 1 aliphatic rings. The molecule has 1 N–H and O–H groups in total. The van der Waals surface area contributed by atoms with Crippen LogP contribution < -0.4 is 0 Å². The maximum atomic E-state index is 10.8. The standard InChI is InChI=1S/C12H23NO2/c1-10-6-8-13(12(10)9-14)7-4-3-5-11(2)15/h10,12,14H,3-9H2,1-2H3. The largest absolute Gasteiger partial charge is 0.395 e. The topological polar surface area (TPSA) is 40.5 Å². The van der Waals surface area contributed by atoms with Crippen LogP contribution in [0.2, 0.25) is 0 Å². The molecule has 0 aliphatic carbocycles. The highest BCUT2D eigenvalue weighted by atomic mass is 16.3. The number of hydrogen-bond acceptors (Lipinski definition) is 3. The van der Waals surface area contributed by atoms with Gasteiger partial charge in [0.2, 0.25) is 0 Å². The average Bonchev–Trinajstić information content (AvgIpc) is 2.53. The maximum Gasteiger partial charge on any atom is 0.129 e. The van der Waals surface area contributed by atoms with Crippen molar-refractivity contribution in [3.05, 3.63) is 0 Å². The van der Waals surface area contributed by atoms with Gasteiger partial charge < -0.3 is 9.90 Å². The number of aliphatic hydroxyl groups excluding tert-OH is 1. The number of unbranched alkanes of at least 4 members (excludes halogenated alkanes) is 1. The monoisotopic (exact) mass is 213 g/mol. The van der Waals surface area contributed by atoms with E-state index in [0.29, 0.717) is 18.4 Å². The van der Waals surface area contributed by atoms with E-state index in [1.165, 1.54) is 6.42 Å². The van der Waals surface area contributed by atoms with Gasteiger partial charge in [0.1, 0.15) is 5.78 Å². The summed E-state index contributed by atoms with van der Waals surface area (Å²) >= 11 is 0. The highest BCUT2D eigenvalue weighted by Gasteiger charge is 2.29. The first-order valence-corrected chi connectivity index (χ1v) is 5.99. The van der Waals surface area contributed by atoms with Gasteiger partial charge in [-0.15, -0.1) is 0 Å². The number of carbonyl (C=O) groups is 1. The summed E-state index contributed by atoms with van der Waals surface area (Å²) < 4.78 is 0. The van der Waals surface area contributed by atoms with E-state index in [0.717, 1.165) is 25.9 Å². The molecule has 88 valence electrons. The van der Waals surface area contributed by atoms with E-state index < -0.39 is 0 Å². The predicted molar refractivity (Wildman–Crippen MR) is 60.8 cm³/mol. The van der Waals surface area contributed by atoms with Crippen LogP contribution in [0, 0.1) is 5.92 Å². The van der Waals surface area contributed by atoms with Gasteiger partial charge in [-0.2, -0.15) is 0 Å². The van der Waals surface area contributed by atoms with Gasteiger partial charge >= 0.3 is 0 Å². The van der Waals surface area contributed by atoms with E-state index in [9.17, 15) is 9.90 Å². The minimum atomic E-state index is 0.272. The third-order valence-corrected chi connectivity index (χ3v) is 3.41. The fraction of sp³-hybridized carbons (Fsp3) is 0.917. The van der Waals surface area contributed by atoms with Crippen LogP contribution >= 0.6 is 0 Å². The van der Waals surface area contributed by atoms with Crippen LogP contribution in [0.4, 0.5) is 0 Å². The van der Waals surface area contributed by atoms with Crippen molar-refractivity contribution in [1.82, 2.24) is 4.90 Å². The van der Waals surface area contributed by atoms with Crippen molar-refractivity contribution in [2.24, 2.45) is 5.92 Å². The van der Waals surface area contributed by atoms with E-state index in [4.69, 9.17) is 0 Å². The van der Waals surface area contributed by atoms with Crippen molar-refractivity contribution in [2.45, 2.75) is 45.6 Å². The molecule has 3 nitrogen and oxygen atoms in total. The highest BCUT2D eigenvalue weighted by Crippen LogP contribution is 2.23. The lowest BCUT2D eigenvalue weighted by molar-refractivity contribution is -0.117. The molecule has 2 atom stereocenters. The summed E-state index contributed by atoms with van der Waals surface area (Å²) in [5.74, 6) is 0.895. The Morgan fingerprint density at radius 3 is 2.80 bits per heavy atom. The molecule has 0 aromatic carbocycles. The third-order valence-electron chi connectivity index (χ3n) is 3.41. The lowest BCUT2D eigenvalue weighted by atomic mass is 10.0. The van der Waals surface area contributed by atoms with Crippen molar-refractivity contribution >= 4 is 5.78 Å². The summed E-state index contributed by atoms with van der Waals surface area (Å²) in [5.41, 5.74) is 0. The van der Waals surface area contributed by atoms with Gasteiger partial charge in [-0.3, -0.25) is 4.90 Å². The number of likely N-dealkylation sites (tertiary alicyclic amines) is 1. The normalized spacial score (nSPS) is 27.1. The Hall–Kier alpha value is -0.410. The first-order chi connectivity index (χ1) is 7.15. The van der Waals surface area contributed by atoms with Crippen LogP contribution in [-0.2, 0) is 4.79 Å². The fourth-order valence-corrected chi connectivity index (χ4v) is 2.35. The molecule has 3 heteroatoms. The quantitative estimate of drug-likeness (QED) is 0.679. The molecule has 0 radical (unpaired) electrons. The minimum absolute atomic E-state index is 0.272. The van der Waals surface area contributed by atoms with E-state index >= 15 is 0 Å². The average molecular weight is 213 g/mol. The van der Waals surface area contributed by atoms with Crippen LogP contribution in [0.25, 0.3) is 0 Å². The summed E-state index contributed by atoms with van der Waals surface area (Å²) in [6.45, 7) is 6.26. The molecular formula is C12H23NO2. The van der Waals surface area contributed by atoms with Crippen LogP contribution in [-0.4, -0.2) is 41.5 Å². The molecule has 0 aromatic rings. The first-order valence-electron chi connectivity index (χ1n) is 5.99. The Morgan fingerprint density at radius 2 is 2.20 bits per heavy atom. The molecule has 0 amide bonds. The molecular weight excluding hydrogens is 190 g/mol. The summed E-state index contributed by atoms with van der Waals surface area (Å²) in [6.07, 6.45) is 3.95. The zero-order chi connectivity index (χ0) is 11.3. The van der Waals surface area contributed by atoms with Gasteiger partial charge in [-0.05, 0) is 45.2 Å². The van der Waals surface area contributed by atoms with Gasteiger partial charge in [-0.25, -0.2) is 0 Å². The Bertz CT molecular complexity index is 206. The first kappa shape index (κ1) is 12.7. The van der Waals surface area contributed by atoms with Gasteiger partial charge in [0.05, 0.1) is 6.61 Å². The third kappa shape index (κ3) is 3.92. The van der Waals surface area contributed by atoms with E-state index in [1.54, 1.807) is 6.92 Å². The Balaban J connectivity index is 2.18. The van der Waals surface area contributed by atoms with Crippen molar-refractivity contribution in [2.75, 3.05) is 19.7 Å². The van der Waals surface area contributed by atoms with E-state index in [1.807, 2.05) is 0 Å². The molecule has 1 aliphatic heterocycles. The zero-order valence-electron chi connectivity index (χ0n) is 9.91. The van der Waals surface area contributed by atoms with Gasteiger partial charge in [0.25, 0.3) is 0 Å². The summed E-state index contributed by atoms with van der Waals surface area (Å²) in [5, 5.41) is 9.26. The van der Waals surface area contributed by atoms with Crippen LogP contribution in [0.15, 0.2) is 0 Å². The Labute approximate surface area is 92.5 Å². The van der Waals surface area contributed by atoms with Crippen molar-refractivity contribution in [3.63, 3.8) is 0 Å². The number of carbonyl (C=O) groups excluding carboxylic acids is 1. The summed E-state index contributed by atoms with van der Waals surface area (Å²) in [6, 6.07) is 0.349. The second kappa shape index (κ2) is 6.23. The SMILES string of the molecule is CC(=O)CCCCN1CCC(C)C1CO. The lowest BCUT2D eigenvalue weighted by Gasteiger charge is -2.24. The van der Waals surface area contributed by atoms with Crippen molar-refractivity contribution in [1.29, 1.82) is 0 Å². The second-order valence-electron chi connectivity index (χ2n) is 4.71. The number of nitrogens with zero attached hydrogens (tertiary/aromatic N) is 1. The molecule has 1 fully saturated rings. The van der Waals surface area contributed by atoms with Crippen LogP contribution in [0.3, 0.4) is 0 Å². The maximum absolute atomic E-state index is 10.8. The molecule has 1 heterocycles. The van der Waals surface area contributed by atoms with Gasteiger partial charge in [-0.1, -0.05) is 6.92 Å². The molecule has 0 saturated carbocycles. The number of ketones is 1. The Morgan fingerprint density at radius 1 is 1.47 bits per heavy atom. The highest BCUT2D eigenvalue weighted by molar-refractivity contribution is 5.75. The number of hydrogen-bond donors (Lipinski definition) is 1. The fourth-order valence-electron chi connectivity index (χ4n) is 2.35. The second-order valence-corrected chi connectivity index (χ2v) is 4.71. The smallest absolute Gasteiger partial charge is 0.129 e. The molecule has 15 heavy (non-hydrogen) atoms. The van der Waals surface area contributed by atoms with E-state index in [-0.39, 0.29) is 12.4 Å². The Kier molecular flexibility index (Phi) is 5.26. The molecule has 1 rings (SSSR count). The van der Waals surface area contributed by atoms with Crippen molar-refractivity contribution < 1.29 is 9.90 Å². The van der Waals surface area contributed by atoms with Gasteiger partial charge in [0.15, 0.2) is 0 Å². The number of Topliss-reactive ketones (excluding diaryl/α,β-unsaturated/α-hetero) is 1. The molecule has 2 unspecified atom stereocenters. The van der Waals surface area contributed by atoms with Crippen molar-refractivity contribution in [3.8, 4) is 0 Å². The lowest BCUT2D eigenvalue weighted by Crippen LogP contribution is -2.35. The predicted octanol–water partition coefficient (Wildman–Crippen LogP) is 1.45.